The van der Waals surface area contributed by atoms with Crippen molar-refractivity contribution in [3.05, 3.63) is 34.9 Å². The summed E-state index contributed by atoms with van der Waals surface area (Å²) in [7, 11) is 1.80. The SMILES string of the molecule is CN(Cc1cccc(Cl)c1)C(=O)CCBr. The van der Waals surface area contributed by atoms with E-state index in [1.54, 1.807) is 11.9 Å². The van der Waals surface area contributed by atoms with Crippen molar-refractivity contribution in [3.8, 4) is 0 Å². The van der Waals surface area contributed by atoms with Gasteiger partial charge in [-0.05, 0) is 17.7 Å². The van der Waals surface area contributed by atoms with Crippen molar-refractivity contribution in [1.82, 2.24) is 4.90 Å². The number of hydrogen-bond acceptors (Lipinski definition) is 1. The Morgan fingerprint density at radius 1 is 1.53 bits per heavy atom. The maximum Gasteiger partial charge on any atom is 0.223 e. The Morgan fingerprint density at radius 3 is 2.87 bits per heavy atom. The van der Waals surface area contributed by atoms with Gasteiger partial charge in [-0.25, -0.2) is 0 Å². The van der Waals surface area contributed by atoms with Crippen LogP contribution in [-0.4, -0.2) is 23.2 Å². The van der Waals surface area contributed by atoms with Gasteiger partial charge in [0.1, 0.15) is 0 Å². The molecule has 0 unspecified atom stereocenters. The van der Waals surface area contributed by atoms with E-state index in [-0.39, 0.29) is 5.91 Å². The second-order valence-corrected chi connectivity index (χ2v) is 4.55. The Morgan fingerprint density at radius 2 is 2.27 bits per heavy atom. The predicted octanol–water partition coefficient (Wildman–Crippen LogP) is 3.08. The molecule has 1 aromatic carbocycles. The highest BCUT2D eigenvalue weighted by atomic mass is 79.9. The van der Waals surface area contributed by atoms with Gasteiger partial charge >= 0.3 is 0 Å². The third kappa shape index (κ3) is 4.22. The number of carbonyl (C=O) groups is 1. The minimum atomic E-state index is 0.131. The average molecular weight is 291 g/mol. The molecule has 0 saturated heterocycles. The molecule has 0 radical (unpaired) electrons. The molecule has 15 heavy (non-hydrogen) atoms. The molecule has 0 aliphatic heterocycles. The second kappa shape index (κ2) is 6.13. The maximum atomic E-state index is 11.5. The van der Waals surface area contributed by atoms with E-state index >= 15 is 0 Å². The zero-order valence-electron chi connectivity index (χ0n) is 8.54. The van der Waals surface area contributed by atoms with Gasteiger partial charge in [0.25, 0.3) is 0 Å². The Kier molecular flexibility index (Phi) is 5.12. The lowest BCUT2D eigenvalue weighted by Crippen LogP contribution is -2.26. The highest BCUT2D eigenvalue weighted by Gasteiger charge is 2.07. The minimum absolute atomic E-state index is 0.131. The molecule has 0 atom stereocenters. The van der Waals surface area contributed by atoms with E-state index < -0.39 is 0 Å². The maximum absolute atomic E-state index is 11.5. The number of benzene rings is 1. The molecule has 1 rings (SSSR count). The minimum Gasteiger partial charge on any atom is -0.341 e. The Hall–Kier alpha value is -0.540. The summed E-state index contributed by atoms with van der Waals surface area (Å²) in [5, 5.41) is 1.40. The van der Waals surface area contributed by atoms with Gasteiger partial charge < -0.3 is 4.90 Å². The van der Waals surface area contributed by atoms with Crippen LogP contribution in [0.15, 0.2) is 24.3 Å². The molecule has 82 valence electrons. The van der Waals surface area contributed by atoms with E-state index in [1.807, 2.05) is 24.3 Å². The van der Waals surface area contributed by atoms with Gasteiger partial charge in [0.05, 0.1) is 0 Å². The third-order valence-electron chi connectivity index (χ3n) is 2.04. The lowest BCUT2D eigenvalue weighted by atomic mass is 10.2. The molecule has 0 fully saturated rings. The van der Waals surface area contributed by atoms with Crippen molar-refractivity contribution in [2.24, 2.45) is 0 Å². The van der Waals surface area contributed by atoms with Gasteiger partial charge in [-0.1, -0.05) is 39.7 Å². The van der Waals surface area contributed by atoms with E-state index in [9.17, 15) is 4.79 Å². The summed E-state index contributed by atoms with van der Waals surface area (Å²) >= 11 is 9.10. The van der Waals surface area contributed by atoms with Gasteiger partial charge in [0, 0.05) is 30.4 Å². The monoisotopic (exact) mass is 289 g/mol. The molecule has 1 amide bonds. The van der Waals surface area contributed by atoms with Crippen LogP contribution in [-0.2, 0) is 11.3 Å². The molecule has 1 aromatic rings. The Bertz CT molecular complexity index is 343. The van der Waals surface area contributed by atoms with E-state index in [2.05, 4.69) is 15.9 Å². The van der Waals surface area contributed by atoms with Crippen LogP contribution in [0.4, 0.5) is 0 Å². The Labute approximate surface area is 103 Å². The molecular formula is C11H13BrClNO. The standard InChI is InChI=1S/C11H13BrClNO/c1-14(11(15)5-6-12)8-9-3-2-4-10(13)7-9/h2-4,7H,5-6,8H2,1H3. The van der Waals surface area contributed by atoms with Crippen LogP contribution in [0.3, 0.4) is 0 Å². The molecule has 0 aliphatic carbocycles. The molecule has 0 bridgehead atoms. The van der Waals surface area contributed by atoms with Gasteiger partial charge in [0.2, 0.25) is 5.91 Å². The van der Waals surface area contributed by atoms with Crippen LogP contribution in [0.25, 0.3) is 0 Å². The van der Waals surface area contributed by atoms with E-state index in [0.29, 0.717) is 23.3 Å². The van der Waals surface area contributed by atoms with Gasteiger partial charge in [-0.15, -0.1) is 0 Å². The van der Waals surface area contributed by atoms with E-state index in [0.717, 1.165) is 5.56 Å². The smallest absolute Gasteiger partial charge is 0.223 e. The van der Waals surface area contributed by atoms with Crippen molar-refractivity contribution in [2.45, 2.75) is 13.0 Å². The number of halogens is 2. The number of hydrogen-bond donors (Lipinski definition) is 0. The van der Waals surface area contributed by atoms with Crippen LogP contribution >= 0.6 is 27.5 Å². The van der Waals surface area contributed by atoms with E-state index in [1.165, 1.54) is 0 Å². The molecule has 4 heteroatoms. The first kappa shape index (κ1) is 12.5. The van der Waals surface area contributed by atoms with Crippen molar-refractivity contribution < 1.29 is 4.79 Å². The largest absolute Gasteiger partial charge is 0.341 e. The number of alkyl halides is 1. The van der Waals surface area contributed by atoms with Gasteiger partial charge in [-0.3, -0.25) is 4.79 Å². The van der Waals surface area contributed by atoms with Crippen LogP contribution in [0.2, 0.25) is 5.02 Å². The molecule has 0 spiro atoms. The fourth-order valence-electron chi connectivity index (χ4n) is 1.27. The first-order valence-corrected chi connectivity index (χ1v) is 6.18. The van der Waals surface area contributed by atoms with Crippen molar-refractivity contribution in [3.63, 3.8) is 0 Å². The summed E-state index contributed by atoms with van der Waals surface area (Å²) in [6.07, 6.45) is 0.525. The summed E-state index contributed by atoms with van der Waals surface area (Å²) in [5.41, 5.74) is 1.05. The quantitative estimate of drug-likeness (QED) is 0.780. The normalized spacial score (nSPS) is 10.1. The summed E-state index contributed by atoms with van der Waals surface area (Å²) in [6, 6.07) is 7.55. The average Bonchev–Trinajstić information content (AvgIpc) is 2.18. The molecule has 0 saturated carbocycles. The summed E-state index contributed by atoms with van der Waals surface area (Å²) in [6.45, 7) is 0.604. The third-order valence-corrected chi connectivity index (χ3v) is 2.67. The van der Waals surface area contributed by atoms with Crippen molar-refractivity contribution >= 4 is 33.4 Å². The molecule has 0 aromatic heterocycles. The Balaban J connectivity index is 2.58. The van der Waals surface area contributed by atoms with Crippen LogP contribution in [0.1, 0.15) is 12.0 Å². The van der Waals surface area contributed by atoms with Gasteiger partial charge in [0.15, 0.2) is 0 Å². The summed E-state index contributed by atoms with van der Waals surface area (Å²) in [4.78, 5) is 13.2. The van der Waals surface area contributed by atoms with Crippen molar-refractivity contribution in [2.75, 3.05) is 12.4 Å². The highest BCUT2D eigenvalue weighted by molar-refractivity contribution is 9.09. The van der Waals surface area contributed by atoms with Crippen molar-refractivity contribution in [1.29, 1.82) is 0 Å². The first-order valence-electron chi connectivity index (χ1n) is 4.68. The number of amides is 1. The molecular weight excluding hydrogens is 277 g/mol. The number of carbonyl (C=O) groups excluding carboxylic acids is 1. The molecule has 0 aliphatic rings. The number of nitrogens with zero attached hydrogens (tertiary/aromatic N) is 1. The fraction of sp³-hybridized carbons (Fsp3) is 0.364. The number of rotatable bonds is 4. The zero-order valence-corrected chi connectivity index (χ0v) is 10.9. The zero-order chi connectivity index (χ0) is 11.3. The molecule has 0 N–H and O–H groups in total. The van der Waals surface area contributed by atoms with E-state index in [4.69, 9.17) is 11.6 Å². The predicted molar refractivity (Wildman–Crippen MR) is 66.3 cm³/mol. The topological polar surface area (TPSA) is 20.3 Å². The second-order valence-electron chi connectivity index (χ2n) is 3.32. The van der Waals surface area contributed by atoms with Crippen LogP contribution in [0, 0.1) is 0 Å². The lowest BCUT2D eigenvalue weighted by molar-refractivity contribution is -0.129. The lowest BCUT2D eigenvalue weighted by Gasteiger charge is -2.16. The molecule has 2 nitrogen and oxygen atoms in total. The summed E-state index contributed by atoms with van der Waals surface area (Å²) < 4.78 is 0. The van der Waals surface area contributed by atoms with Gasteiger partial charge in [-0.2, -0.15) is 0 Å². The fourth-order valence-corrected chi connectivity index (χ4v) is 1.82. The highest BCUT2D eigenvalue weighted by Crippen LogP contribution is 2.12. The first-order chi connectivity index (χ1) is 7.13. The van der Waals surface area contributed by atoms with Crippen LogP contribution < -0.4 is 0 Å². The van der Waals surface area contributed by atoms with Crippen LogP contribution in [0.5, 0.6) is 0 Å². The summed E-state index contributed by atoms with van der Waals surface area (Å²) in [5.74, 6) is 0.131. The molecule has 0 heterocycles.